The van der Waals surface area contributed by atoms with E-state index in [1.54, 1.807) is 0 Å². The number of urea groups is 1. The monoisotopic (exact) mass is 328 g/mol. The van der Waals surface area contributed by atoms with E-state index in [2.05, 4.69) is 20.8 Å². The Balaban J connectivity index is 1.42. The lowest BCUT2D eigenvalue weighted by Gasteiger charge is -2.07. The highest BCUT2D eigenvalue weighted by molar-refractivity contribution is 5.90. The van der Waals surface area contributed by atoms with Gasteiger partial charge in [0, 0.05) is 30.3 Å². The Morgan fingerprint density at radius 2 is 2.21 bits per heavy atom. The molecule has 1 unspecified atom stereocenters. The van der Waals surface area contributed by atoms with Crippen molar-refractivity contribution in [2.24, 2.45) is 0 Å². The van der Waals surface area contributed by atoms with Gasteiger partial charge in [0.05, 0.1) is 6.10 Å². The smallest absolute Gasteiger partial charge is 0.319 e. The number of carbonyl (C=O) groups is 1. The zero-order valence-corrected chi connectivity index (χ0v) is 13.3. The van der Waals surface area contributed by atoms with E-state index >= 15 is 0 Å². The number of amides is 2. The largest absolute Gasteiger partial charge is 0.378 e. The van der Waals surface area contributed by atoms with Crippen molar-refractivity contribution in [3.8, 4) is 11.5 Å². The van der Waals surface area contributed by atoms with Crippen molar-refractivity contribution in [1.82, 2.24) is 15.5 Å². The Labute approximate surface area is 139 Å². The zero-order chi connectivity index (χ0) is 16.4. The number of rotatable bonds is 5. The molecule has 0 radical (unpaired) electrons. The van der Waals surface area contributed by atoms with Crippen LogP contribution in [0.5, 0.6) is 0 Å². The van der Waals surface area contributed by atoms with E-state index in [-0.39, 0.29) is 12.1 Å². The van der Waals surface area contributed by atoms with Gasteiger partial charge in [-0.1, -0.05) is 11.2 Å². The summed E-state index contributed by atoms with van der Waals surface area (Å²) in [4.78, 5) is 16.3. The molecule has 1 saturated heterocycles. The van der Waals surface area contributed by atoms with Gasteiger partial charge in [-0.05, 0) is 43.9 Å². The molecule has 4 rings (SSSR count). The van der Waals surface area contributed by atoms with E-state index in [1.165, 1.54) is 0 Å². The van der Waals surface area contributed by atoms with Crippen LogP contribution in [0.1, 0.15) is 31.5 Å². The van der Waals surface area contributed by atoms with Gasteiger partial charge in [-0.15, -0.1) is 0 Å². The maximum Gasteiger partial charge on any atom is 0.319 e. The minimum atomic E-state index is -0.181. The van der Waals surface area contributed by atoms with Gasteiger partial charge < -0.3 is 19.9 Å². The summed E-state index contributed by atoms with van der Waals surface area (Å²) in [6.07, 6.45) is 5.11. The predicted molar refractivity (Wildman–Crippen MR) is 87.6 cm³/mol. The quantitative estimate of drug-likeness (QED) is 0.881. The average Bonchev–Trinajstić information content (AvgIpc) is 3.05. The summed E-state index contributed by atoms with van der Waals surface area (Å²) < 4.78 is 10.9. The first-order valence-electron chi connectivity index (χ1n) is 8.38. The molecule has 2 aliphatic rings. The van der Waals surface area contributed by atoms with Gasteiger partial charge in [-0.3, -0.25) is 0 Å². The number of carbonyl (C=O) groups excluding carboxylic acids is 1. The molecule has 24 heavy (non-hydrogen) atoms. The fourth-order valence-electron chi connectivity index (χ4n) is 2.77. The Hall–Kier alpha value is -2.41. The first-order valence-corrected chi connectivity index (χ1v) is 8.38. The molecule has 1 aliphatic carbocycles. The third kappa shape index (κ3) is 3.73. The molecule has 2 amide bonds. The van der Waals surface area contributed by atoms with Crippen LogP contribution in [0.4, 0.5) is 10.5 Å². The van der Waals surface area contributed by atoms with Gasteiger partial charge in [-0.2, -0.15) is 4.98 Å². The Morgan fingerprint density at radius 3 is 3.00 bits per heavy atom. The summed E-state index contributed by atoms with van der Waals surface area (Å²) in [5.74, 6) is 1.11. The van der Waals surface area contributed by atoms with Crippen LogP contribution in [0.25, 0.3) is 11.5 Å². The highest BCUT2D eigenvalue weighted by Gasteiger charge is 2.23. The second-order valence-corrected chi connectivity index (χ2v) is 6.31. The van der Waals surface area contributed by atoms with Crippen LogP contribution >= 0.6 is 0 Å². The van der Waals surface area contributed by atoms with Crippen molar-refractivity contribution in [3.05, 3.63) is 30.1 Å². The van der Waals surface area contributed by atoms with Crippen LogP contribution in [-0.4, -0.2) is 34.9 Å². The number of nitrogens with one attached hydrogen (secondary N) is 2. The topological polar surface area (TPSA) is 89.3 Å². The number of nitrogens with zero attached hydrogens (tertiary/aromatic N) is 2. The maximum absolute atomic E-state index is 11.8. The van der Waals surface area contributed by atoms with Gasteiger partial charge >= 0.3 is 6.03 Å². The van der Waals surface area contributed by atoms with Crippen molar-refractivity contribution in [2.75, 3.05) is 11.9 Å². The lowest BCUT2D eigenvalue weighted by atomic mass is 10.2. The van der Waals surface area contributed by atoms with Crippen LogP contribution in [0, 0.1) is 0 Å². The third-order valence-electron chi connectivity index (χ3n) is 4.18. The molecule has 1 aromatic carbocycles. The summed E-state index contributed by atoms with van der Waals surface area (Å²) in [6, 6.07) is 7.54. The number of anilines is 1. The fourth-order valence-corrected chi connectivity index (χ4v) is 2.77. The van der Waals surface area contributed by atoms with E-state index in [0.29, 0.717) is 29.9 Å². The lowest BCUT2D eigenvalue weighted by molar-refractivity contribution is 0.109. The lowest BCUT2D eigenvalue weighted by Crippen LogP contribution is -2.30. The molecule has 7 nitrogen and oxygen atoms in total. The molecule has 2 heterocycles. The van der Waals surface area contributed by atoms with Crippen molar-refractivity contribution >= 4 is 11.7 Å². The molecule has 1 atom stereocenters. The van der Waals surface area contributed by atoms with Crippen LogP contribution in [0.15, 0.2) is 28.8 Å². The normalized spacial score (nSPS) is 20.1. The Morgan fingerprint density at radius 1 is 1.29 bits per heavy atom. The summed E-state index contributed by atoms with van der Waals surface area (Å²) in [5.41, 5.74) is 1.48. The van der Waals surface area contributed by atoms with E-state index in [4.69, 9.17) is 9.26 Å². The third-order valence-corrected chi connectivity index (χ3v) is 4.18. The minimum Gasteiger partial charge on any atom is -0.378 e. The Bertz CT molecular complexity index is 720. The summed E-state index contributed by atoms with van der Waals surface area (Å²) >= 11 is 0. The first kappa shape index (κ1) is 15.1. The standard InChI is InChI=1S/C17H20N4O3/c22-17(18-12-6-7-12)19-13-4-1-3-11(9-13)16-20-15(21-24-16)10-14-5-2-8-23-14/h1,3-4,9,12,14H,2,5-8,10H2,(H2,18,19,22). The predicted octanol–water partition coefficient (Wildman–Crippen LogP) is 2.74. The average molecular weight is 328 g/mol. The fraction of sp³-hybridized carbons (Fsp3) is 0.471. The molecule has 126 valence electrons. The van der Waals surface area contributed by atoms with Crippen LogP contribution in [0.2, 0.25) is 0 Å². The van der Waals surface area contributed by atoms with Crippen molar-refractivity contribution in [3.63, 3.8) is 0 Å². The molecule has 7 heteroatoms. The van der Waals surface area contributed by atoms with E-state index < -0.39 is 0 Å². The summed E-state index contributed by atoms with van der Waals surface area (Å²) in [6.45, 7) is 0.812. The number of aromatic nitrogens is 2. The molecule has 1 aliphatic heterocycles. The highest BCUT2D eigenvalue weighted by Crippen LogP contribution is 2.23. The molecule has 2 aromatic rings. The second-order valence-electron chi connectivity index (χ2n) is 6.31. The summed E-state index contributed by atoms with van der Waals surface area (Å²) in [5, 5.41) is 9.75. The molecule has 0 bridgehead atoms. The van der Waals surface area contributed by atoms with Crippen molar-refractivity contribution in [2.45, 2.75) is 44.2 Å². The molecule has 2 fully saturated rings. The molecule has 1 aromatic heterocycles. The van der Waals surface area contributed by atoms with Crippen LogP contribution in [-0.2, 0) is 11.2 Å². The number of hydrogen-bond acceptors (Lipinski definition) is 5. The second kappa shape index (κ2) is 6.60. The number of benzene rings is 1. The molecule has 0 spiro atoms. The molecular weight excluding hydrogens is 308 g/mol. The summed E-state index contributed by atoms with van der Waals surface area (Å²) in [7, 11) is 0. The van der Waals surface area contributed by atoms with Gasteiger partial charge in [0.25, 0.3) is 5.89 Å². The first-order chi connectivity index (χ1) is 11.8. The van der Waals surface area contributed by atoms with Crippen molar-refractivity contribution < 1.29 is 14.1 Å². The van der Waals surface area contributed by atoms with Gasteiger partial charge in [-0.25, -0.2) is 4.79 Å². The number of hydrogen-bond donors (Lipinski definition) is 2. The van der Waals surface area contributed by atoms with Crippen molar-refractivity contribution in [1.29, 1.82) is 0 Å². The molecule has 2 N–H and O–H groups in total. The SMILES string of the molecule is O=C(Nc1cccc(-c2nc(CC3CCCO3)no2)c1)NC1CC1. The van der Waals surface area contributed by atoms with Crippen LogP contribution < -0.4 is 10.6 Å². The van der Waals surface area contributed by atoms with E-state index in [1.807, 2.05) is 24.3 Å². The highest BCUT2D eigenvalue weighted by atomic mass is 16.5. The minimum absolute atomic E-state index is 0.181. The molecular formula is C17H20N4O3. The van der Waals surface area contributed by atoms with Gasteiger partial charge in [0.15, 0.2) is 5.82 Å². The van der Waals surface area contributed by atoms with E-state index in [0.717, 1.165) is 37.9 Å². The van der Waals surface area contributed by atoms with E-state index in [9.17, 15) is 4.79 Å². The number of ether oxygens (including phenoxy) is 1. The zero-order valence-electron chi connectivity index (χ0n) is 13.3. The van der Waals surface area contributed by atoms with Gasteiger partial charge in [0.1, 0.15) is 0 Å². The Kier molecular flexibility index (Phi) is 4.17. The van der Waals surface area contributed by atoms with Gasteiger partial charge in [0.2, 0.25) is 0 Å². The maximum atomic E-state index is 11.8. The molecule has 1 saturated carbocycles. The van der Waals surface area contributed by atoms with Crippen LogP contribution in [0.3, 0.4) is 0 Å².